The van der Waals surface area contributed by atoms with Crippen molar-refractivity contribution >= 4 is 27.9 Å². The zero-order valence-electron chi connectivity index (χ0n) is 10.7. The molecule has 0 atom stereocenters. The van der Waals surface area contributed by atoms with Crippen LogP contribution in [0.5, 0.6) is 0 Å². The second kappa shape index (κ2) is 4.90. The fraction of sp³-hybridized carbons (Fsp3) is 0.308. The highest BCUT2D eigenvalue weighted by Crippen LogP contribution is 2.22. The van der Waals surface area contributed by atoms with Crippen molar-refractivity contribution in [1.29, 1.82) is 0 Å². The Morgan fingerprint density at radius 2 is 1.95 bits per heavy atom. The summed E-state index contributed by atoms with van der Waals surface area (Å²) in [4.78, 5) is 0.854. The molecule has 0 saturated heterocycles. The Morgan fingerprint density at radius 1 is 1.21 bits per heavy atom. The molecule has 0 spiro atoms. The van der Waals surface area contributed by atoms with Gasteiger partial charge in [-0.05, 0) is 17.7 Å². The first-order valence-corrected chi connectivity index (χ1v) is 7.28. The van der Waals surface area contributed by atoms with Crippen molar-refractivity contribution in [3.8, 4) is 0 Å². The van der Waals surface area contributed by atoms with Gasteiger partial charge >= 0.3 is 0 Å². The minimum atomic E-state index is 0.412. The van der Waals surface area contributed by atoms with Gasteiger partial charge in [0.25, 0.3) is 0 Å². The molecule has 3 rings (SSSR count). The highest BCUT2D eigenvalue weighted by molar-refractivity contribution is 7.16. The Bertz CT molecular complexity index is 699. The number of hydrogen-bond acceptors (Lipinski definition) is 4. The number of aromatic nitrogens is 4. The van der Waals surface area contributed by atoms with Crippen LogP contribution in [0.15, 0.2) is 24.3 Å². The molecule has 0 amide bonds. The fourth-order valence-electron chi connectivity index (χ4n) is 1.80. The van der Waals surface area contributed by atoms with Gasteiger partial charge in [0.05, 0.1) is 0 Å². The normalized spacial score (nSPS) is 11.6. The summed E-state index contributed by atoms with van der Waals surface area (Å²) in [5, 5.41) is 14.8. The number of fused-ring (bicyclic) bond motifs is 1. The maximum absolute atomic E-state index is 5.88. The van der Waals surface area contributed by atoms with Crippen LogP contribution in [-0.4, -0.2) is 19.8 Å². The molecule has 0 bridgehead atoms. The quantitative estimate of drug-likeness (QED) is 0.741. The molecule has 2 heterocycles. The van der Waals surface area contributed by atoms with Crippen LogP contribution in [0.4, 0.5) is 0 Å². The van der Waals surface area contributed by atoms with Crippen molar-refractivity contribution in [1.82, 2.24) is 19.8 Å². The standard InChI is InChI=1S/C13H13ClN4S/c1-8(2)12-17-18-11(15-16-13(18)19-12)7-9-3-5-10(14)6-4-9/h3-6,8H,7H2,1-2H3. The van der Waals surface area contributed by atoms with E-state index in [2.05, 4.69) is 29.1 Å². The lowest BCUT2D eigenvalue weighted by Crippen LogP contribution is -1.98. The van der Waals surface area contributed by atoms with Crippen LogP contribution < -0.4 is 0 Å². The summed E-state index contributed by atoms with van der Waals surface area (Å²) in [5.74, 6) is 1.27. The summed E-state index contributed by atoms with van der Waals surface area (Å²) in [6, 6.07) is 7.77. The van der Waals surface area contributed by atoms with Crippen LogP contribution in [0.2, 0.25) is 5.02 Å². The number of benzene rings is 1. The zero-order valence-corrected chi connectivity index (χ0v) is 12.2. The van der Waals surface area contributed by atoms with Crippen molar-refractivity contribution in [2.75, 3.05) is 0 Å². The Hall–Kier alpha value is -1.46. The first-order valence-electron chi connectivity index (χ1n) is 6.09. The first kappa shape index (κ1) is 12.6. The van der Waals surface area contributed by atoms with Gasteiger partial charge < -0.3 is 0 Å². The minimum absolute atomic E-state index is 0.412. The van der Waals surface area contributed by atoms with E-state index in [9.17, 15) is 0 Å². The van der Waals surface area contributed by atoms with Crippen LogP contribution in [0.3, 0.4) is 0 Å². The predicted molar refractivity (Wildman–Crippen MR) is 77.0 cm³/mol. The molecule has 0 saturated carbocycles. The summed E-state index contributed by atoms with van der Waals surface area (Å²) in [7, 11) is 0. The number of halogens is 1. The van der Waals surface area contributed by atoms with Crippen molar-refractivity contribution in [2.24, 2.45) is 0 Å². The smallest absolute Gasteiger partial charge is 0.187 e. The maximum Gasteiger partial charge on any atom is 0.234 e. The molecule has 0 unspecified atom stereocenters. The lowest BCUT2D eigenvalue weighted by atomic mass is 10.1. The molecule has 0 fully saturated rings. The third-order valence-corrected chi connectivity index (χ3v) is 4.29. The van der Waals surface area contributed by atoms with Crippen molar-refractivity contribution in [3.63, 3.8) is 0 Å². The molecule has 3 aromatic rings. The highest BCUT2D eigenvalue weighted by Gasteiger charge is 2.13. The average molecular weight is 293 g/mol. The summed E-state index contributed by atoms with van der Waals surface area (Å²) in [6.07, 6.45) is 0.708. The molecule has 0 aliphatic heterocycles. The summed E-state index contributed by atoms with van der Waals surface area (Å²) in [5.41, 5.74) is 1.15. The van der Waals surface area contributed by atoms with Crippen LogP contribution in [-0.2, 0) is 6.42 Å². The van der Waals surface area contributed by atoms with Gasteiger partial charge in [0, 0.05) is 17.4 Å². The molecule has 6 heteroatoms. The van der Waals surface area contributed by atoms with E-state index in [4.69, 9.17) is 11.6 Å². The van der Waals surface area contributed by atoms with E-state index in [1.165, 1.54) is 0 Å². The molecule has 0 radical (unpaired) electrons. The summed E-state index contributed by atoms with van der Waals surface area (Å²) >= 11 is 7.48. The molecular formula is C13H13ClN4S. The van der Waals surface area contributed by atoms with Gasteiger partial charge in [0.1, 0.15) is 5.01 Å². The van der Waals surface area contributed by atoms with E-state index < -0.39 is 0 Å². The minimum Gasteiger partial charge on any atom is -0.187 e. The van der Waals surface area contributed by atoms with Crippen molar-refractivity contribution in [3.05, 3.63) is 45.7 Å². The van der Waals surface area contributed by atoms with Crippen molar-refractivity contribution < 1.29 is 0 Å². The van der Waals surface area contributed by atoms with E-state index in [1.807, 2.05) is 28.8 Å². The fourth-order valence-corrected chi connectivity index (χ4v) is 2.79. The molecular weight excluding hydrogens is 280 g/mol. The number of hydrogen-bond donors (Lipinski definition) is 0. The van der Waals surface area contributed by atoms with Crippen LogP contribution in [0, 0.1) is 0 Å². The predicted octanol–water partition coefficient (Wildman–Crippen LogP) is 3.55. The highest BCUT2D eigenvalue weighted by atomic mass is 35.5. The Labute approximate surface area is 120 Å². The lowest BCUT2D eigenvalue weighted by molar-refractivity contribution is 0.773. The van der Waals surface area contributed by atoms with Crippen molar-refractivity contribution in [2.45, 2.75) is 26.2 Å². The second-order valence-corrected chi connectivity index (χ2v) is 6.13. The van der Waals surface area contributed by atoms with Crippen LogP contribution >= 0.6 is 22.9 Å². The van der Waals surface area contributed by atoms with E-state index >= 15 is 0 Å². The maximum atomic E-state index is 5.88. The molecule has 0 aliphatic rings. The molecule has 98 valence electrons. The van der Waals surface area contributed by atoms with Crippen LogP contribution in [0.1, 0.15) is 36.2 Å². The second-order valence-electron chi connectivity index (χ2n) is 4.71. The Morgan fingerprint density at radius 3 is 2.63 bits per heavy atom. The Kier molecular flexibility index (Phi) is 3.24. The molecule has 2 aromatic heterocycles. The van der Waals surface area contributed by atoms with E-state index in [-0.39, 0.29) is 0 Å². The number of nitrogens with zero attached hydrogens (tertiary/aromatic N) is 4. The van der Waals surface area contributed by atoms with E-state index in [1.54, 1.807) is 11.3 Å². The molecule has 0 aliphatic carbocycles. The zero-order chi connectivity index (χ0) is 13.4. The SMILES string of the molecule is CC(C)c1nn2c(Cc3ccc(Cl)cc3)nnc2s1. The largest absolute Gasteiger partial charge is 0.234 e. The molecule has 0 N–H and O–H groups in total. The third kappa shape index (κ3) is 2.48. The average Bonchev–Trinajstić information content (AvgIpc) is 2.94. The molecule has 19 heavy (non-hydrogen) atoms. The monoisotopic (exact) mass is 292 g/mol. The van der Waals surface area contributed by atoms with Gasteiger partial charge in [-0.1, -0.05) is 48.9 Å². The summed E-state index contributed by atoms with van der Waals surface area (Å²) < 4.78 is 1.84. The van der Waals surface area contributed by atoms with E-state index in [0.29, 0.717) is 12.3 Å². The topological polar surface area (TPSA) is 43.1 Å². The molecule has 4 nitrogen and oxygen atoms in total. The third-order valence-electron chi connectivity index (χ3n) is 2.84. The van der Waals surface area contributed by atoms with Crippen LogP contribution in [0.25, 0.3) is 4.96 Å². The van der Waals surface area contributed by atoms with Gasteiger partial charge in [-0.15, -0.1) is 10.2 Å². The Balaban J connectivity index is 1.94. The van der Waals surface area contributed by atoms with Gasteiger partial charge in [-0.25, -0.2) is 0 Å². The summed E-state index contributed by atoms with van der Waals surface area (Å²) in [6.45, 7) is 4.26. The number of rotatable bonds is 3. The van der Waals surface area contributed by atoms with Gasteiger partial charge in [-0.3, -0.25) is 0 Å². The van der Waals surface area contributed by atoms with E-state index in [0.717, 1.165) is 26.4 Å². The van der Waals surface area contributed by atoms with Gasteiger partial charge in [0.2, 0.25) is 4.96 Å². The lowest BCUT2D eigenvalue weighted by Gasteiger charge is -1.99. The first-order chi connectivity index (χ1) is 9.13. The van der Waals surface area contributed by atoms with Gasteiger partial charge in [0.15, 0.2) is 5.82 Å². The van der Waals surface area contributed by atoms with Gasteiger partial charge in [-0.2, -0.15) is 9.61 Å². The molecule has 1 aromatic carbocycles.